The highest BCUT2D eigenvalue weighted by molar-refractivity contribution is 7.32. The Kier molecular flexibility index (Phi) is 5.18. The van der Waals surface area contributed by atoms with Crippen LogP contribution in [0.3, 0.4) is 0 Å². The molecule has 0 aliphatic carbocycles. The van der Waals surface area contributed by atoms with Gasteiger partial charge in [0.1, 0.15) is 0 Å². The van der Waals surface area contributed by atoms with E-state index in [1.165, 1.54) is 11.1 Å². The highest BCUT2D eigenvalue weighted by atomic mass is 31.1. The predicted octanol–water partition coefficient (Wildman–Crippen LogP) is 4.07. The zero-order valence-electron chi connectivity index (χ0n) is 12.2. The van der Waals surface area contributed by atoms with Gasteiger partial charge in [-0.25, -0.2) is 0 Å². The van der Waals surface area contributed by atoms with Crippen LogP contribution in [0.1, 0.15) is 11.1 Å². The van der Waals surface area contributed by atoms with Crippen molar-refractivity contribution in [3.05, 3.63) is 83.9 Å². The maximum atomic E-state index is 2.52. The average Bonchev–Trinajstić information content (AvgIpc) is 2.74. The van der Waals surface area contributed by atoms with Crippen LogP contribution in [0.5, 0.6) is 0 Å². The fourth-order valence-electron chi connectivity index (χ4n) is 2.49. The number of nitrogens with zero attached hydrogens (tertiary/aromatic N) is 2. The number of benzene rings is 2. The molecule has 0 aromatic heterocycles. The van der Waals surface area contributed by atoms with Crippen molar-refractivity contribution < 1.29 is 0 Å². The van der Waals surface area contributed by atoms with Crippen LogP contribution in [-0.2, 0) is 13.1 Å². The molecule has 2 aromatic rings. The number of hydrogen-bond donors (Lipinski definition) is 0. The summed E-state index contributed by atoms with van der Waals surface area (Å²) in [5.74, 6) is 0. The Morgan fingerprint density at radius 1 is 0.667 bits per heavy atom. The Morgan fingerprint density at radius 2 is 1.10 bits per heavy atom. The van der Waals surface area contributed by atoms with E-state index >= 15 is 0 Å². The van der Waals surface area contributed by atoms with Crippen molar-refractivity contribution in [3.63, 3.8) is 0 Å². The molecule has 0 spiro atoms. The summed E-state index contributed by atoms with van der Waals surface area (Å²) in [6, 6.07) is 21.5. The molecule has 0 radical (unpaired) electrons. The zero-order chi connectivity index (χ0) is 14.3. The first kappa shape index (κ1) is 14.5. The maximum absolute atomic E-state index is 2.52. The van der Waals surface area contributed by atoms with Crippen LogP contribution in [0, 0.1) is 0 Å². The quantitative estimate of drug-likeness (QED) is 0.620. The van der Waals surface area contributed by atoms with E-state index < -0.39 is 0 Å². The second-order valence-electron chi connectivity index (χ2n) is 5.30. The second kappa shape index (κ2) is 7.51. The van der Waals surface area contributed by atoms with Gasteiger partial charge in [-0.05, 0) is 11.1 Å². The van der Waals surface area contributed by atoms with Gasteiger partial charge in [0, 0.05) is 35.1 Å². The largest absolute Gasteiger partial charge is 0.264 e. The molecule has 0 saturated heterocycles. The van der Waals surface area contributed by atoms with Crippen molar-refractivity contribution >= 4 is 8.88 Å². The fourth-order valence-corrected chi connectivity index (χ4v) is 3.77. The van der Waals surface area contributed by atoms with Crippen LogP contribution in [0.25, 0.3) is 0 Å². The van der Waals surface area contributed by atoms with Crippen LogP contribution in [0.15, 0.2) is 72.8 Å². The van der Waals surface area contributed by atoms with Gasteiger partial charge < -0.3 is 0 Å². The van der Waals surface area contributed by atoms with E-state index in [-0.39, 0.29) is 0 Å². The molecule has 0 bridgehead atoms. The summed E-state index contributed by atoms with van der Waals surface area (Å²) < 4.78 is 5.03. The van der Waals surface area contributed by atoms with Crippen molar-refractivity contribution in [1.29, 1.82) is 0 Å². The molecule has 2 nitrogen and oxygen atoms in total. The highest BCUT2D eigenvalue weighted by Crippen LogP contribution is 2.29. The number of hydrogen-bond acceptors (Lipinski definition) is 2. The van der Waals surface area contributed by atoms with Gasteiger partial charge in [0.15, 0.2) is 0 Å². The van der Waals surface area contributed by atoms with Gasteiger partial charge in [-0.1, -0.05) is 72.8 Å². The average molecular weight is 296 g/mol. The topological polar surface area (TPSA) is 6.48 Å². The van der Waals surface area contributed by atoms with Crippen molar-refractivity contribution in [2.75, 3.05) is 13.1 Å². The smallest absolute Gasteiger partial charge is 0.0285 e. The van der Waals surface area contributed by atoms with Gasteiger partial charge in [0.2, 0.25) is 0 Å². The lowest BCUT2D eigenvalue weighted by atomic mass is 10.2. The predicted molar refractivity (Wildman–Crippen MR) is 91.2 cm³/mol. The standard InChI is InChI=1S/C18H21N2P/c1-3-9-17(10-4-1)15-19-13-7-8-14-20(21-19)16-18-11-5-2-6-12-18/h1-12,21H,13-16H2. The third-order valence-corrected chi connectivity index (χ3v) is 4.78. The van der Waals surface area contributed by atoms with Crippen molar-refractivity contribution in [1.82, 2.24) is 9.34 Å². The van der Waals surface area contributed by atoms with E-state index in [0.717, 1.165) is 35.1 Å². The first-order valence-corrected chi connectivity index (χ1v) is 8.28. The Bertz CT molecular complexity index is 517. The molecule has 0 saturated carbocycles. The van der Waals surface area contributed by atoms with Crippen LogP contribution in [0.4, 0.5) is 0 Å². The van der Waals surface area contributed by atoms with Crippen molar-refractivity contribution in [3.8, 4) is 0 Å². The SMILES string of the molecule is C1=CCN(Cc2ccccc2)PN(Cc2ccccc2)C1. The van der Waals surface area contributed by atoms with Crippen molar-refractivity contribution in [2.24, 2.45) is 0 Å². The molecule has 2 aromatic carbocycles. The monoisotopic (exact) mass is 296 g/mol. The van der Waals surface area contributed by atoms with Gasteiger partial charge in [0.05, 0.1) is 0 Å². The minimum absolute atomic E-state index is 0.732. The molecule has 21 heavy (non-hydrogen) atoms. The maximum Gasteiger partial charge on any atom is 0.0285 e. The summed E-state index contributed by atoms with van der Waals surface area (Å²) in [5, 5.41) is 0. The minimum atomic E-state index is 0.732. The van der Waals surface area contributed by atoms with Gasteiger partial charge in [-0.15, -0.1) is 0 Å². The molecule has 108 valence electrons. The first-order chi connectivity index (χ1) is 10.4. The Hall–Kier alpha value is -1.47. The van der Waals surface area contributed by atoms with E-state index in [4.69, 9.17) is 0 Å². The summed E-state index contributed by atoms with van der Waals surface area (Å²) in [6.45, 7) is 4.13. The van der Waals surface area contributed by atoms with Crippen LogP contribution < -0.4 is 0 Å². The molecule has 1 aliphatic rings. The summed E-state index contributed by atoms with van der Waals surface area (Å²) in [4.78, 5) is 0. The molecule has 1 heterocycles. The normalized spacial score (nSPS) is 16.8. The molecule has 0 atom stereocenters. The molecule has 1 aliphatic heterocycles. The molecule has 0 unspecified atom stereocenters. The molecular weight excluding hydrogens is 275 g/mol. The summed E-state index contributed by atoms with van der Waals surface area (Å²) in [5.41, 5.74) is 2.78. The van der Waals surface area contributed by atoms with Crippen LogP contribution in [0.2, 0.25) is 0 Å². The molecule has 0 fully saturated rings. The Balaban J connectivity index is 1.63. The van der Waals surface area contributed by atoms with E-state index in [2.05, 4.69) is 82.2 Å². The zero-order valence-corrected chi connectivity index (χ0v) is 13.2. The van der Waals surface area contributed by atoms with Crippen LogP contribution in [-0.4, -0.2) is 22.4 Å². The van der Waals surface area contributed by atoms with E-state index in [9.17, 15) is 0 Å². The lowest BCUT2D eigenvalue weighted by molar-refractivity contribution is 0.440. The molecule has 3 rings (SSSR count). The summed E-state index contributed by atoms with van der Waals surface area (Å²) in [7, 11) is 0.732. The van der Waals surface area contributed by atoms with E-state index in [1.54, 1.807) is 0 Å². The second-order valence-corrected chi connectivity index (χ2v) is 6.77. The molecule has 0 amide bonds. The Morgan fingerprint density at radius 3 is 1.52 bits per heavy atom. The molecule has 0 N–H and O–H groups in total. The third kappa shape index (κ3) is 4.50. The highest BCUT2D eigenvalue weighted by Gasteiger charge is 2.13. The lowest BCUT2D eigenvalue weighted by Crippen LogP contribution is -2.21. The fraction of sp³-hybridized carbons (Fsp3) is 0.222. The minimum Gasteiger partial charge on any atom is -0.264 e. The van der Waals surface area contributed by atoms with E-state index in [1.807, 2.05) is 0 Å². The first-order valence-electron chi connectivity index (χ1n) is 7.39. The van der Waals surface area contributed by atoms with E-state index in [0.29, 0.717) is 0 Å². The summed E-state index contributed by atoms with van der Waals surface area (Å²) >= 11 is 0. The Labute approximate surface area is 129 Å². The lowest BCUT2D eigenvalue weighted by Gasteiger charge is -2.27. The molecule has 3 heteroatoms. The number of rotatable bonds is 4. The summed E-state index contributed by atoms with van der Waals surface area (Å²) in [6.07, 6.45) is 4.59. The van der Waals surface area contributed by atoms with Gasteiger partial charge in [0.25, 0.3) is 0 Å². The van der Waals surface area contributed by atoms with Crippen LogP contribution >= 0.6 is 8.88 Å². The van der Waals surface area contributed by atoms with Gasteiger partial charge in [-0.2, -0.15) is 0 Å². The van der Waals surface area contributed by atoms with Gasteiger partial charge in [-0.3, -0.25) is 9.34 Å². The van der Waals surface area contributed by atoms with Crippen molar-refractivity contribution in [2.45, 2.75) is 13.1 Å². The van der Waals surface area contributed by atoms with Gasteiger partial charge >= 0.3 is 0 Å². The third-order valence-electron chi connectivity index (χ3n) is 3.53. The molecular formula is C18H21N2P.